The molecule has 9 heteroatoms. The van der Waals surface area contributed by atoms with Gasteiger partial charge in [0.15, 0.2) is 0 Å². The van der Waals surface area contributed by atoms with Crippen LogP contribution >= 0.6 is 0 Å². The molecule has 0 bridgehead atoms. The van der Waals surface area contributed by atoms with Crippen LogP contribution in [0.5, 0.6) is 0 Å². The van der Waals surface area contributed by atoms with Gasteiger partial charge in [0, 0.05) is 30.9 Å². The number of aromatic nitrogens is 2. The topological polar surface area (TPSA) is 94.5 Å². The van der Waals surface area contributed by atoms with Crippen LogP contribution in [-0.4, -0.2) is 58.7 Å². The zero-order valence-electron chi connectivity index (χ0n) is 23.7. The molecule has 2 fully saturated rings. The van der Waals surface area contributed by atoms with Crippen LogP contribution in [0.1, 0.15) is 53.2 Å². The number of nitrogens with one attached hydrogen (secondary N) is 3. The molecule has 3 heterocycles. The summed E-state index contributed by atoms with van der Waals surface area (Å²) in [5.74, 6) is 0.268. The average Bonchev–Trinajstić information content (AvgIpc) is 3.29. The molecule has 0 radical (unpaired) electrons. The van der Waals surface area contributed by atoms with Gasteiger partial charge in [0.05, 0.1) is 11.4 Å². The van der Waals surface area contributed by atoms with Crippen molar-refractivity contribution in [2.45, 2.75) is 50.1 Å². The molecule has 1 aromatic heterocycles. The maximum Gasteiger partial charge on any atom is 0.270 e. The minimum absolute atomic E-state index is 0.0111. The molecule has 3 aromatic rings. The van der Waals surface area contributed by atoms with E-state index in [0.29, 0.717) is 17.4 Å². The van der Waals surface area contributed by atoms with E-state index in [4.69, 9.17) is 0 Å². The molecule has 3 N–H and O–H groups in total. The fraction of sp³-hybridized carbons (Fsp3) is 0.406. The Morgan fingerprint density at radius 1 is 1.10 bits per heavy atom. The Hall–Kier alpha value is -4.11. The lowest BCUT2D eigenvalue weighted by Gasteiger charge is -2.36. The second-order valence-corrected chi connectivity index (χ2v) is 12.2. The van der Waals surface area contributed by atoms with E-state index in [1.165, 1.54) is 10.2 Å². The smallest absolute Gasteiger partial charge is 0.270 e. The van der Waals surface area contributed by atoms with Crippen LogP contribution in [0.25, 0.3) is 0 Å². The molecule has 1 saturated heterocycles. The molecule has 9 nitrogen and oxygen atoms in total. The number of piperidine rings is 1. The summed E-state index contributed by atoms with van der Waals surface area (Å²) in [7, 11) is 3.90. The number of rotatable bonds is 6. The van der Waals surface area contributed by atoms with Crippen molar-refractivity contribution in [3.8, 4) is 0 Å². The lowest BCUT2D eigenvalue weighted by molar-refractivity contribution is -0.118. The van der Waals surface area contributed by atoms with E-state index in [-0.39, 0.29) is 23.1 Å². The monoisotopic (exact) mass is 551 g/mol. The lowest BCUT2D eigenvalue weighted by atomic mass is 9.82. The number of carbonyl (C=O) groups excluding carboxylic acids is 2. The largest absolute Gasteiger partial charge is 0.340 e. The van der Waals surface area contributed by atoms with Crippen LogP contribution in [0.2, 0.25) is 0 Å². The highest BCUT2D eigenvalue weighted by Gasteiger charge is 2.58. The highest BCUT2D eigenvalue weighted by Crippen LogP contribution is 2.64. The van der Waals surface area contributed by atoms with E-state index in [1.807, 2.05) is 18.2 Å². The van der Waals surface area contributed by atoms with Gasteiger partial charge in [0.2, 0.25) is 5.91 Å². The number of likely N-dealkylation sites (tertiary alicyclic amines) is 1. The molecular weight excluding hydrogens is 514 g/mol. The van der Waals surface area contributed by atoms with Gasteiger partial charge < -0.3 is 25.8 Å². The molecule has 2 aliphatic carbocycles. The zero-order valence-corrected chi connectivity index (χ0v) is 23.7. The maximum absolute atomic E-state index is 14.1. The summed E-state index contributed by atoms with van der Waals surface area (Å²) in [6.07, 6.45) is 6.80. The minimum Gasteiger partial charge on any atom is -0.340 e. The molecule has 1 spiro atoms. The molecule has 2 aliphatic heterocycles. The fourth-order valence-electron chi connectivity index (χ4n) is 7.29. The quantitative estimate of drug-likeness (QED) is 0.428. The molecule has 212 valence electrons. The second-order valence-electron chi connectivity index (χ2n) is 12.2. The van der Waals surface area contributed by atoms with Crippen LogP contribution in [0.3, 0.4) is 0 Å². The molecule has 41 heavy (non-hydrogen) atoms. The summed E-state index contributed by atoms with van der Waals surface area (Å²) in [6, 6.07) is 15.7. The fourth-order valence-corrected chi connectivity index (χ4v) is 7.29. The Morgan fingerprint density at radius 2 is 1.88 bits per heavy atom. The van der Waals surface area contributed by atoms with E-state index in [2.05, 4.69) is 68.7 Å². The van der Waals surface area contributed by atoms with Crippen molar-refractivity contribution >= 4 is 28.9 Å². The Labute approximate surface area is 240 Å². The van der Waals surface area contributed by atoms with Gasteiger partial charge in [-0.05, 0) is 93.0 Å². The molecule has 2 aromatic carbocycles. The summed E-state index contributed by atoms with van der Waals surface area (Å²) in [5.41, 5.74) is 5.59. The van der Waals surface area contributed by atoms with Crippen molar-refractivity contribution in [3.05, 3.63) is 83.9 Å². The SMILES string of the molecule is C=C1Nc2cc(NC(=O)[C@@H](NC(=O)c3ccnn3C)C3c4ccccc4CC34CC4)ccc2N1C1CCN(C)CC1. The summed E-state index contributed by atoms with van der Waals surface area (Å²) in [5, 5.41) is 13.9. The first-order valence-electron chi connectivity index (χ1n) is 14.6. The molecule has 7 rings (SSSR count). The molecule has 1 saturated carbocycles. The normalized spacial score (nSPS) is 21.8. The van der Waals surface area contributed by atoms with Crippen LogP contribution in [-0.2, 0) is 18.3 Å². The van der Waals surface area contributed by atoms with Crippen molar-refractivity contribution in [1.29, 1.82) is 0 Å². The number of hydrogen-bond acceptors (Lipinski definition) is 6. The first-order chi connectivity index (χ1) is 19.8. The van der Waals surface area contributed by atoms with Crippen molar-refractivity contribution in [2.75, 3.05) is 35.7 Å². The molecule has 4 aliphatic rings. The van der Waals surface area contributed by atoms with Gasteiger partial charge in [0.25, 0.3) is 5.91 Å². The van der Waals surface area contributed by atoms with Gasteiger partial charge in [0.1, 0.15) is 17.6 Å². The zero-order chi connectivity index (χ0) is 28.3. The third-order valence-corrected chi connectivity index (χ3v) is 9.59. The maximum atomic E-state index is 14.1. The van der Waals surface area contributed by atoms with E-state index >= 15 is 0 Å². The van der Waals surface area contributed by atoms with E-state index in [0.717, 1.165) is 68.0 Å². The summed E-state index contributed by atoms with van der Waals surface area (Å²) in [6.45, 7) is 6.41. The average molecular weight is 552 g/mol. The van der Waals surface area contributed by atoms with Crippen LogP contribution < -0.4 is 20.9 Å². The number of hydrogen-bond donors (Lipinski definition) is 3. The molecule has 2 amide bonds. The highest BCUT2D eigenvalue weighted by atomic mass is 16.2. The first kappa shape index (κ1) is 25.8. The Morgan fingerprint density at radius 3 is 2.61 bits per heavy atom. The van der Waals surface area contributed by atoms with Crippen LogP contribution in [0.15, 0.2) is 67.1 Å². The predicted octanol–water partition coefficient (Wildman–Crippen LogP) is 4.07. The van der Waals surface area contributed by atoms with E-state index in [9.17, 15) is 9.59 Å². The molecule has 2 atom stereocenters. The van der Waals surface area contributed by atoms with Crippen LogP contribution in [0, 0.1) is 5.41 Å². The van der Waals surface area contributed by atoms with Gasteiger partial charge in [-0.1, -0.05) is 30.8 Å². The van der Waals surface area contributed by atoms with Gasteiger partial charge >= 0.3 is 0 Å². The van der Waals surface area contributed by atoms with Gasteiger partial charge in [-0.2, -0.15) is 5.10 Å². The summed E-state index contributed by atoms with van der Waals surface area (Å²) in [4.78, 5) is 32.2. The van der Waals surface area contributed by atoms with Gasteiger partial charge in [-0.15, -0.1) is 0 Å². The Kier molecular flexibility index (Phi) is 6.15. The number of amides is 2. The van der Waals surface area contributed by atoms with Gasteiger partial charge in [-0.3, -0.25) is 14.3 Å². The lowest BCUT2D eigenvalue weighted by Crippen LogP contribution is -2.49. The van der Waals surface area contributed by atoms with Crippen molar-refractivity contribution in [2.24, 2.45) is 12.5 Å². The Bertz CT molecular complexity index is 1530. The molecular formula is C32H37N7O2. The Balaban J connectivity index is 1.17. The van der Waals surface area contributed by atoms with Crippen molar-refractivity contribution in [1.82, 2.24) is 20.0 Å². The first-order valence-corrected chi connectivity index (χ1v) is 14.6. The van der Waals surface area contributed by atoms with Crippen LogP contribution in [0.4, 0.5) is 17.1 Å². The van der Waals surface area contributed by atoms with Gasteiger partial charge in [-0.25, -0.2) is 0 Å². The minimum atomic E-state index is -0.726. The summed E-state index contributed by atoms with van der Waals surface area (Å²) >= 11 is 0. The number of carbonyl (C=O) groups is 2. The standard InChI is InChI=1S/C32H37N7O2/c1-20-34-25-18-22(8-9-26(25)39(20)23-11-16-37(2)17-12-23)35-31(41)29(36-30(40)27-10-15-33-38(27)3)28-24-7-5-4-6-21(24)19-32(28)13-14-32/h4-10,15,18,23,28-29,34H,1,11-14,16-17,19H2,2-3H3,(H,35,41)(H,36,40)/t28?,29-/m0/s1. The summed E-state index contributed by atoms with van der Waals surface area (Å²) < 4.78 is 1.54. The van der Waals surface area contributed by atoms with E-state index < -0.39 is 6.04 Å². The second kappa shape index (κ2) is 9.76. The predicted molar refractivity (Wildman–Crippen MR) is 160 cm³/mol. The van der Waals surface area contributed by atoms with Crippen molar-refractivity contribution < 1.29 is 9.59 Å². The number of aryl methyl sites for hydroxylation is 1. The highest BCUT2D eigenvalue weighted by molar-refractivity contribution is 6.02. The number of benzene rings is 2. The number of nitrogens with zero attached hydrogens (tertiary/aromatic N) is 4. The number of fused-ring (bicyclic) bond motifs is 2. The van der Waals surface area contributed by atoms with E-state index in [1.54, 1.807) is 19.3 Å². The third-order valence-electron chi connectivity index (χ3n) is 9.59. The van der Waals surface area contributed by atoms with Crippen molar-refractivity contribution in [3.63, 3.8) is 0 Å². The third kappa shape index (κ3) is 4.48. The molecule has 1 unspecified atom stereocenters. The number of anilines is 3.